The van der Waals surface area contributed by atoms with E-state index in [9.17, 15) is 0 Å². The fourth-order valence-corrected chi connectivity index (χ4v) is 1.43. The van der Waals surface area contributed by atoms with Gasteiger partial charge in [-0.25, -0.2) is 0 Å². The minimum Gasteiger partial charge on any atom is -0.380 e. The van der Waals surface area contributed by atoms with Crippen LogP contribution in [0.5, 0.6) is 0 Å². The zero-order valence-corrected chi connectivity index (χ0v) is 10.2. The predicted octanol–water partition coefficient (Wildman–Crippen LogP) is 1.20. The summed E-state index contributed by atoms with van der Waals surface area (Å²) in [5, 5.41) is 3.15. The lowest BCUT2D eigenvalue weighted by atomic mass is 10.2. The van der Waals surface area contributed by atoms with Crippen molar-refractivity contribution in [3.05, 3.63) is 0 Å². The molecule has 0 rings (SSSR count). The second-order valence-electron chi connectivity index (χ2n) is 3.76. The highest BCUT2D eigenvalue weighted by Gasteiger charge is 2.01. The van der Waals surface area contributed by atoms with Crippen LogP contribution in [0, 0.1) is 5.92 Å². The Labute approximate surface area is 88.8 Å². The van der Waals surface area contributed by atoms with Crippen LogP contribution in [-0.2, 0) is 4.74 Å². The number of rotatable bonds is 9. The zero-order chi connectivity index (χ0) is 10.8. The Morgan fingerprint density at radius 1 is 1.29 bits per heavy atom. The molecule has 1 unspecified atom stereocenters. The minimum absolute atomic E-state index is 0.608. The number of nitrogens with one attached hydrogen (secondary N) is 1. The van der Waals surface area contributed by atoms with Gasteiger partial charge in [0.1, 0.15) is 0 Å². The third kappa shape index (κ3) is 7.30. The fraction of sp³-hybridized carbons (Fsp3) is 1.00. The summed E-state index contributed by atoms with van der Waals surface area (Å²) in [4.78, 5) is 2.38. The number of hydrogen-bond acceptors (Lipinski definition) is 3. The van der Waals surface area contributed by atoms with Crippen LogP contribution < -0.4 is 5.32 Å². The maximum atomic E-state index is 5.60. The van der Waals surface area contributed by atoms with Crippen molar-refractivity contribution in [1.82, 2.24) is 10.2 Å². The minimum atomic E-state index is 0.608. The maximum absolute atomic E-state index is 5.60. The van der Waals surface area contributed by atoms with E-state index in [1.54, 1.807) is 0 Å². The molecule has 1 N–H and O–H groups in total. The van der Waals surface area contributed by atoms with E-state index in [1.807, 2.05) is 7.05 Å². The van der Waals surface area contributed by atoms with Gasteiger partial charge in [-0.1, -0.05) is 20.8 Å². The summed E-state index contributed by atoms with van der Waals surface area (Å²) in [5.41, 5.74) is 0. The molecule has 14 heavy (non-hydrogen) atoms. The number of ether oxygens (including phenoxy) is 1. The average molecular weight is 202 g/mol. The van der Waals surface area contributed by atoms with E-state index in [0.717, 1.165) is 39.4 Å². The molecule has 3 nitrogen and oxygen atoms in total. The molecule has 0 aromatic heterocycles. The summed E-state index contributed by atoms with van der Waals surface area (Å²) in [6.07, 6.45) is 0. The Hall–Kier alpha value is -0.120. The van der Waals surface area contributed by atoms with Crippen LogP contribution in [0.15, 0.2) is 0 Å². The molecule has 0 radical (unpaired) electrons. The topological polar surface area (TPSA) is 24.5 Å². The third-order valence-electron chi connectivity index (χ3n) is 2.40. The summed E-state index contributed by atoms with van der Waals surface area (Å²) in [6, 6.07) is 0. The van der Waals surface area contributed by atoms with Crippen LogP contribution in [0.25, 0.3) is 0 Å². The van der Waals surface area contributed by atoms with Crippen molar-refractivity contribution in [2.24, 2.45) is 5.92 Å². The van der Waals surface area contributed by atoms with Gasteiger partial charge >= 0.3 is 0 Å². The molecule has 0 aromatic rings. The molecule has 0 aliphatic carbocycles. The van der Waals surface area contributed by atoms with Crippen LogP contribution in [0.2, 0.25) is 0 Å². The number of hydrogen-bond donors (Lipinski definition) is 1. The standard InChI is InChI=1S/C11H26N2O/c1-5-13(6-2)7-8-14-10-11(3)9-12-4/h11-12H,5-10H2,1-4H3. The molecule has 0 fully saturated rings. The van der Waals surface area contributed by atoms with E-state index in [2.05, 4.69) is 31.0 Å². The van der Waals surface area contributed by atoms with E-state index < -0.39 is 0 Å². The summed E-state index contributed by atoms with van der Waals surface area (Å²) in [7, 11) is 1.98. The van der Waals surface area contributed by atoms with Crippen LogP contribution >= 0.6 is 0 Å². The molecule has 0 aliphatic rings. The van der Waals surface area contributed by atoms with Gasteiger partial charge < -0.3 is 15.0 Å². The van der Waals surface area contributed by atoms with Gasteiger partial charge in [0, 0.05) is 6.54 Å². The van der Waals surface area contributed by atoms with E-state index in [4.69, 9.17) is 4.74 Å². The molecule has 0 saturated heterocycles. The van der Waals surface area contributed by atoms with Gasteiger partial charge in [-0.3, -0.25) is 0 Å². The Kier molecular flexibility index (Phi) is 9.35. The molecule has 1 atom stereocenters. The second-order valence-corrected chi connectivity index (χ2v) is 3.76. The summed E-state index contributed by atoms with van der Waals surface area (Å²) >= 11 is 0. The number of nitrogens with zero attached hydrogens (tertiary/aromatic N) is 1. The highest BCUT2D eigenvalue weighted by atomic mass is 16.5. The molecular formula is C11H26N2O. The zero-order valence-electron chi connectivity index (χ0n) is 10.2. The molecule has 0 aliphatic heterocycles. The second kappa shape index (κ2) is 9.44. The third-order valence-corrected chi connectivity index (χ3v) is 2.40. The van der Waals surface area contributed by atoms with Gasteiger partial charge in [0.05, 0.1) is 13.2 Å². The lowest BCUT2D eigenvalue weighted by Crippen LogP contribution is -2.28. The van der Waals surface area contributed by atoms with Gasteiger partial charge in [0.15, 0.2) is 0 Å². The highest BCUT2D eigenvalue weighted by Crippen LogP contribution is 1.94. The normalized spacial score (nSPS) is 13.5. The average Bonchev–Trinajstić information content (AvgIpc) is 2.19. The van der Waals surface area contributed by atoms with Gasteiger partial charge in [0.25, 0.3) is 0 Å². The molecule has 0 heterocycles. The van der Waals surface area contributed by atoms with Crippen molar-refractivity contribution in [3.63, 3.8) is 0 Å². The van der Waals surface area contributed by atoms with E-state index in [1.165, 1.54) is 0 Å². The first kappa shape index (κ1) is 13.9. The largest absolute Gasteiger partial charge is 0.380 e. The molecular weight excluding hydrogens is 176 g/mol. The van der Waals surface area contributed by atoms with E-state index in [0.29, 0.717) is 5.92 Å². The lowest BCUT2D eigenvalue weighted by molar-refractivity contribution is 0.0843. The Balaban J connectivity index is 3.27. The molecule has 86 valence electrons. The molecule has 0 saturated carbocycles. The van der Waals surface area contributed by atoms with Gasteiger partial charge in [-0.15, -0.1) is 0 Å². The lowest BCUT2D eigenvalue weighted by Gasteiger charge is -2.18. The molecule has 3 heteroatoms. The first-order valence-corrected chi connectivity index (χ1v) is 5.69. The van der Waals surface area contributed by atoms with Crippen LogP contribution in [0.4, 0.5) is 0 Å². The molecule has 0 aromatic carbocycles. The smallest absolute Gasteiger partial charge is 0.0593 e. The van der Waals surface area contributed by atoms with Crippen LogP contribution in [0.1, 0.15) is 20.8 Å². The molecule has 0 amide bonds. The summed E-state index contributed by atoms with van der Waals surface area (Å²) in [6.45, 7) is 12.6. The summed E-state index contributed by atoms with van der Waals surface area (Å²) < 4.78 is 5.60. The first-order valence-electron chi connectivity index (χ1n) is 5.69. The monoisotopic (exact) mass is 202 g/mol. The Morgan fingerprint density at radius 2 is 1.93 bits per heavy atom. The quantitative estimate of drug-likeness (QED) is 0.569. The van der Waals surface area contributed by atoms with Crippen molar-refractivity contribution >= 4 is 0 Å². The van der Waals surface area contributed by atoms with E-state index >= 15 is 0 Å². The van der Waals surface area contributed by atoms with Crippen LogP contribution in [-0.4, -0.2) is 51.3 Å². The van der Waals surface area contributed by atoms with Gasteiger partial charge in [-0.2, -0.15) is 0 Å². The predicted molar refractivity (Wildman–Crippen MR) is 61.7 cm³/mol. The Morgan fingerprint density at radius 3 is 2.43 bits per heavy atom. The van der Waals surface area contributed by atoms with Crippen molar-refractivity contribution in [2.45, 2.75) is 20.8 Å². The SMILES string of the molecule is CCN(CC)CCOCC(C)CNC. The first-order chi connectivity index (χ1) is 6.74. The van der Waals surface area contributed by atoms with Crippen molar-refractivity contribution in [3.8, 4) is 0 Å². The fourth-order valence-electron chi connectivity index (χ4n) is 1.43. The maximum Gasteiger partial charge on any atom is 0.0593 e. The summed E-state index contributed by atoms with van der Waals surface area (Å²) in [5.74, 6) is 0.608. The van der Waals surface area contributed by atoms with E-state index in [-0.39, 0.29) is 0 Å². The Bertz CT molecular complexity index is 116. The van der Waals surface area contributed by atoms with Crippen molar-refractivity contribution in [2.75, 3.05) is 46.4 Å². The van der Waals surface area contributed by atoms with Gasteiger partial charge in [0.2, 0.25) is 0 Å². The van der Waals surface area contributed by atoms with Gasteiger partial charge in [-0.05, 0) is 32.6 Å². The van der Waals surface area contributed by atoms with Crippen molar-refractivity contribution in [1.29, 1.82) is 0 Å². The highest BCUT2D eigenvalue weighted by molar-refractivity contribution is 4.54. The van der Waals surface area contributed by atoms with Crippen molar-refractivity contribution < 1.29 is 4.74 Å². The van der Waals surface area contributed by atoms with Crippen LogP contribution in [0.3, 0.4) is 0 Å². The molecule has 0 spiro atoms. The number of likely N-dealkylation sites (N-methyl/N-ethyl adjacent to an activating group) is 1. The molecule has 0 bridgehead atoms.